The highest BCUT2D eigenvalue weighted by atomic mass is 16.6. The van der Waals surface area contributed by atoms with Crippen molar-refractivity contribution < 1.29 is 24.0 Å². The average Bonchev–Trinajstić information content (AvgIpc) is 2.69. The molecule has 0 aliphatic carbocycles. The van der Waals surface area contributed by atoms with Gasteiger partial charge in [-0.05, 0) is 31.5 Å². The number of ether oxygens (including phenoxy) is 2. The van der Waals surface area contributed by atoms with Gasteiger partial charge in [0.15, 0.2) is 6.23 Å². The molecule has 1 atom stereocenters. The van der Waals surface area contributed by atoms with E-state index in [1.54, 1.807) is 17.9 Å². The number of nitro groups is 1. The minimum absolute atomic E-state index is 0.0548. The van der Waals surface area contributed by atoms with Crippen LogP contribution in [0.25, 0.3) is 0 Å². The highest BCUT2D eigenvalue weighted by Crippen LogP contribution is 2.41. The van der Waals surface area contributed by atoms with Gasteiger partial charge in [-0.15, -0.1) is 0 Å². The molecule has 29 heavy (non-hydrogen) atoms. The molecular formula is C19H20N4O6. The van der Waals surface area contributed by atoms with E-state index in [2.05, 4.69) is 10.3 Å². The number of benzene rings is 1. The predicted octanol–water partition coefficient (Wildman–Crippen LogP) is 2.52. The summed E-state index contributed by atoms with van der Waals surface area (Å²) in [4.78, 5) is 41.8. The summed E-state index contributed by atoms with van der Waals surface area (Å²) in [7, 11) is 1.53. The Morgan fingerprint density at radius 1 is 1.48 bits per heavy atom. The van der Waals surface area contributed by atoms with Gasteiger partial charge in [0.1, 0.15) is 5.69 Å². The van der Waals surface area contributed by atoms with E-state index in [4.69, 9.17) is 9.47 Å². The lowest BCUT2D eigenvalue weighted by Crippen LogP contribution is -2.43. The zero-order valence-corrected chi connectivity index (χ0v) is 16.2. The summed E-state index contributed by atoms with van der Waals surface area (Å²) in [6.07, 6.45) is 2.24. The Morgan fingerprint density at radius 2 is 2.24 bits per heavy atom. The number of anilines is 2. The van der Waals surface area contributed by atoms with Crippen LogP contribution >= 0.6 is 0 Å². The summed E-state index contributed by atoms with van der Waals surface area (Å²) in [6, 6.07) is 4.40. The number of fused-ring (bicyclic) bond motifs is 1. The first-order valence-electron chi connectivity index (χ1n) is 8.85. The monoisotopic (exact) mass is 400 g/mol. The lowest BCUT2D eigenvalue weighted by atomic mass is 9.99. The van der Waals surface area contributed by atoms with Gasteiger partial charge in [-0.2, -0.15) is 0 Å². The van der Waals surface area contributed by atoms with E-state index < -0.39 is 23.0 Å². The molecule has 10 nitrogen and oxygen atoms in total. The van der Waals surface area contributed by atoms with Crippen molar-refractivity contribution >= 4 is 28.9 Å². The Hall–Kier alpha value is -3.53. The van der Waals surface area contributed by atoms with E-state index in [9.17, 15) is 19.7 Å². The largest absolute Gasteiger partial charge is 0.438 e. The average molecular weight is 400 g/mol. The molecule has 152 valence electrons. The number of aromatic nitrogens is 1. The van der Waals surface area contributed by atoms with Crippen LogP contribution in [0.5, 0.6) is 0 Å². The molecule has 0 spiro atoms. The summed E-state index contributed by atoms with van der Waals surface area (Å²) in [5, 5.41) is 14.3. The number of nitrogens with one attached hydrogen (secondary N) is 1. The van der Waals surface area contributed by atoms with E-state index in [-0.39, 0.29) is 28.1 Å². The highest BCUT2D eigenvalue weighted by molar-refractivity contribution is 6.09. The first-order chi connectivity index (χ1) is 13.8. The molecule has 1 aromatic heterocycles. The molecule has 0 saturated carbocycles. The number of cyclic esters (lactones) is 1. The van der Waals surface area contributed by atoms with Crippen molar-refractivity contribution in [2.75, 3.05) is 30.5 Å². The van der Waals surface area contributed by atoms with Gasteiger partial charge in [-0.1, -0.05) is 0 Å². The number of carbonyl (C=O) groups is 2. The van der Waals surface area contributed by atoms with Crippen LogP contribution < -0.4 is 10.2 Å². The Morgan fingerprint density at radius 3 is 2.86 bits per heavy atom. The molecule has 1 unspecified atom stereocenters. The number of rotatable bonds is 6. The first-order valence-corrected chi connectivity index (χ1v) is 8.85. The molecule has 0 fully saturated rings. The summed E-state index contributed by atoms with van der Waals surface area (Å²) in [5.74, 6) is -1.18. The minimum atomic E-state index is -0.611. The number of carbonyl (C=O) groups excluding carboxylic acids is 2. The number of pyridine rings is 1. The first kappa shape index (κ1) is 20.2. The fourth-order valence-corrected chi connectivity index (χ4v) is 3.22. The molecule has 1 amide bonds. The molecule has 1 aliphatic rings. The van der Waals surface area contributed by atoms with E-state index in [0.29, 0.717) is 18.8 Å². The zero-order chi connectivity index (χ0) is 21.1. The van der Waals surface area contributed by atoms with E-state index in [1.165, 1.54) is 38.6 Å². The Bertz CT molecular complexity index is 963. The summed E-state index contributed by atoms with van der Waals surface area (Å²) < 4.78 is 10.5. The molecule has 1 aliphatic heterocycles. The maximum Gasteiger partial charge on any atom is 0.342 e. The predicted molar refractivity (Wildman–Crippen MR) is 104 cm³/mol. The van der Waals surface area contributed by atoms with Crippen LogP contribution in [0.1, 0.15) is 33.2 Å². The van der Waals surface area contributed by atoms with Crippen LogP contribution in [-0.2, 0) is 9.47 Å². The topological polar surface area (TPSA) is 124 Å². The molecule has 0 bridgehead atoms. The van der Waals surface area contributed by atoms with Gasteiger partial charge >= 0.3 is 5.97 Å². The lowest BCUT2D eigenvalue weighted by Gasteiger charge is -2.36. The molecular weight excluding hydrogens is 380 g/mol. The van der Waals surface area contributed by atoms with Gasteiger partial charge < -0.3 is 19.7 Å². The van der Waals surface area contributed by atoms with Crippen molar-refractivity contribution in [3.05, 3.63) is 57.4 Å². The third kappa shape index (κ3) is 3.87. The number of hydrogen-bond donors (Lipinski definition) is 1. The van der Waals surface area contributed by atoms with Crippen molar-refractivity contribution in [3.63, 3.8) is 0 Å². The molecule has 1 aromatic carbocycles. The van der Waals surface area contributed by atoms with Crippen LogP contribution in [0.4, 0.5) is 17.1 Å². The molecule has 3 rings (SSSR count). The van der Waals surface area contributed by atoms with Crippen molar-refractivity contribution in [1.29, 1.82) is 0 Å². The fraction of sp³-hybridized carbons (Fsp3) is 0.316. The maximum absolute atomic E-state index is 12.6. The number of hydrogen-bond acceptors (Lipinski definition) is 8. The van der Waals surface area contributed by atoms with Crippen molar-refractivity contribution in [1.82, 2.24) is 4.98 Å². The van der Waals surface area contributed by atoms with Crippen molar-refractivity contribution in [2.24, 2.45) is 0 Å². The van der Waals surface area contributed by atoms with E-state index in [1.807, 2.05) is 0 Å². The van der Waals surface area contributed by atoms with Gasteiger partial charge in [0, 0.05) is 32.1 Å². The van der Waals surface area contributed by atoms with Crippen LogP contribution in [0.2, 0.25) is 0 Å². The van der Waals surface area contributed by atoms with Crippen LogP contribution in [-0.4, -0.2) is 48.3 Å². The summed E-state index contributed by atoms with van der Waals surface area (Å²) in [5.41, 5.74) is 0.659. The summed E-state index contributed by atoms with van der Waals surface area (Å²) in [6.45, 7) is 3.93. The third-order valence-electron chi connectivity index (χ3n) is 4.66. The SMILES string of the molecule is COCCN1c2cc([N+](=O)[O-])c(NC(=O)c3cccnc3)c(C)c2C(=O)OC1C. The standard InChI is InChI=1S/C19H20N4O6/c1-11-16-14(22(7-8-28-3)12(2)29-19(16)25)9-15(23(26)27)17(11)21-18(24)13-5-4-6-20-10-13/h4-6,9-10,12H,7-8H2,1-3H3,(H,21,24). The molecule has 0 saturated heterocycles. The van der Waals surface area contributed by atoms with Crippen LogP contribution in [0, 0.1) is 17.0 Å². The van der Waals surface area contributed by atoms with E-state index >= 15 is 0 Å². The molecule has 2 heterocycles. The molecule has 2 aromatic rings. The second kappa shape index (κ2) is 8.23. The van der Waals surface area contributed by atoms with Gasteiger partial charge in [0.2, 0.25) is 0 Å². The van der Waals surface area contributed by atoms with E-state index in [0.717, 1.165) is 0 Å². The second-order valence-electron chi connectivity index (χ2n) is 6.43. The number of esters is 1. The number of nitrogens with zero attached hydrogens (tertiary/aromatic N) is 3. The van der Waals surface area contributed by atoms with Crippen LogP contribution in [0.3, 0.4) is 0 Å². The quantitative estimate of drug-likeness (QED) is 0.446. The van der Waals surface area contributed by atoms with Gasteiger partial charge in [0.05, 0.1) is 28.3 Å². The molecule has 1 N–H and O–H groups in total. The number of amides is 1. The van der Waals surface area contributed by atoms with Crippen molar-refractivity contribution in [3.8, 4) is 0 Å². The Kier molecular flexibility index (Phi) is 5.74. The number of methoxy groups -OCH3 is 1. The van der Waals surface area contributed by atoms with Gasteiger partial charge in [-0.3, -0.25) is 19.9 Å². The highest BCUT2D eigenvalue weighted by Gasteiger charge is 2.36. The van der Waals surface area contributed by atoms with Gasteiger partial charge in [0.25, 0.3) is 11.6 Å². The smallest absolute Gasteiger partial charge is 0.342 e. The maximum atomic E-state index is 12.6. The Labute approximate surface area is 166 Å². The van der Waals surface area contributed by atoms with Crippen LogP contribution in [0.15, 0.2) is 30.6 Å². The second-order valence-corrected chi connectivity index (χ2v) is 6.43. The minimum Gasteiger partial charge on any atom is -0.438 e. The molecule has 0 radical (unpaired) electrons. The third-order valence-corrected chi connectivity index (χ3v) is 4.66. The number of nitro benzene ring substituents is 1. The zero-order valence-electron chi connectivity index (χ0n) is 16.2. The lowest BCUT2D eigenvalue weighted by molar-refractivity contribution is -0.383. The fourth-order valence-electron chi connectivity index (χ4n) is 3.22. The summed E-state index contributed by atoms with van der Waals surface area (Å²) >= 11 is 0. The normalized spacial score (nSPS) is 15.5. The Balaban J connectivity index is 2.11. The van der Waals surface area contributed by atoms with Gasteiger partial charge in [-0.25, -0.2) is 4.79 Å². The van der Waals surface area contributed by atoms with Crippen molar-refractivity contribution in [2.45, 2.75) is 20.1 Å². The molecule has 10 heteroatoms.